The molecule has 1 amide bonds. The summed E-state index contributed by atoms with van der Waals surface area (Å²) in [6, 6.07) is 11.4. The number of nitrogens with zero attached hydrogens (tertiary/aromatic N) is 3. The average Bonchev–Trinajstić information content (AvgIpc) is 3.16. The number of carbonyl (C=O) groups excluding carboxylic acids is 2. The predicted octanol–water partition coefficient (Wildman–Crippen LogP) is 5.10. The quantitative estimate of drug-likeness (QED) is 0.414. The van der Waals surface area contributed by atoms with E-state index in [4.69, 9.17) is 4.74 Å². The summed E-state index contributed by atoms with van der Waals surface area (Å²) in [6.07, 6.45) is 3.04. The first-order valence-corrected chi connectivity index (χ1v) is 12.2. The number of hydrogen-bond acceptors (Lipinski definition) is 7. The zero-order valence-electron chi connectivity index (χ0n) is 19.4. The average molecular weight is 475 g/mol. The van der Waals surface area contributed by atoms with E-state index in [0.29, 0.717) is 24.1 Å². The van der Waals surface area contributed by atoms with E-state index in [1.807, 2.05) is 30.3 Å². The number of thiophene rings is 1. The van der Waals surface area contributed by atoms with Crippen molar-refractivity contribution in [2.75, 3.05) is 30.4 Å². The van der Waals surface area contributed by atoms with Gasteiger partial charge in [0.2, 0.25) is 5.91 Å². The largest absolute Gasteiger partial charge is 0.465 e. The lowest BCUT2D eigenvalue weighted by atomic mass is 9.95. The van der Waals surface area contributed by atoms with Crippen LogP contribution in [0, 0.1) is 19.8 Å². The maximum absolute atomic E-state index is 13.2. The van der Waals surface area contributed by atoms with Gasteiger partial charge in [0.15, 0.2) is 0 Å². The highest BCUT2D eigenvalue weighted by molar-refractivity contribution is 7.18. The van der Waals surface area contributed by atoms with Crippen molar-refractivity contribution in [3.05, 3.63) is 58.7 Å². The van der Waals surface area contributed by atoms with E-state index >= 15 is 0 Å². The topological polar surface area (TPSA) is 84.4 Å². The van der Waals surface area contributed by atoms with E-state index in [2.05, 4.69) is 34.0 Å². The van der Waals surface area contributed by atoms with Crippen molar-refractivity contribution in [3.63, 3.8) is 0 Å². The number of fused-ring (bicyclic) bond motifs is 2. The van der Waals surface area contributed by atoms with Crippen molar-refractivity contribution >= 4 is 55.7 Å². The van der Waals surface area contributed by atoms with Crippen LogP contribution in [0.5, 0.6) is 0 Å². The number of piperidine rings is 1. The predicted molar refractivity (Wildman–Crippen MR) is 136 cm³/mol. The lowest BCUT2D eigenvalue weighted by molar-refractivity contribution is -0.120. The number of methoxy groups -OCH3 is 1. The van der Waals surface area contributed by atoms with E-state index in [0.717, 1.165) is 39.9 Å². The number of carbonyl (C=O) groups is 2. The molecule has 34 heavy (non-hydrogen) atoms. The van der Waals surface area contributed by atoms with Crippen molar-refractivity contribution < 1.29 is 14.3 Å². The fourth-order valence-electron chi connectivity index (χ4n) is 4.61. The second-order valence-corrected chi connectivity index (χ2v) is 9.85. The van der Waals surface area contributed by atoms with Crippen molar-refractivity contribution in [1.82, 2.24) is 9.97 Å². The third-order valence-electron chi connectivity index (χ3n) is 6.66. The Kier molecular flexibility index (Phi) is 5.91. The Balaban J connectivity index is 1.34. The zero-order valence-corrected chi connectivity index (χ0v) is 20.2. The minimum Gasteiger partial charge on any atom is -0.465 e. The number of ether oxygens (including phenoxy) is 1. The van der Waals surface area contributed by atoms with E-state index in [1.54, 1.807) is 23.7 Å². The number of rotatable bonds is 4. The molecule has 2 aromatic carbocycles. The Hall–Kier alpha value is -3.52. The van der Waals surface area contributed by atoms with Crippen LogP contribution in [-0.2, 0) is 9.53 Å². The van der Waals surface area contributed by atoms with Gasteiger partial charge >= 0.3 is 5.97 Å². The highest BCUT2D eigenvalue weighted by Gasteiger charge is 2.28. The van der Waals surface area contributed by atoms with Crippen LogP contribution < -0.4 is 10.2 Å². The van der Waals surface area contributed by atoms with Crippen LogP contribution in [0.2, 0.25) is 0 Å². The first kappa shape index (κ1) is 22.3. The van der Waals surface area contributed by atoms with E-state index in [1.165, 1.54) is 17.6 Å². The number of hydrogen-bond donors (Lipinski definition) is 1. The first-order valence-electron chi connectivity index (χ1n) is 11.3. The van der Waals surface area contributed by atoms with Gasteiger partial charge in [-0.1, -0.05) is 24.3 Å². The number of anilines is 2. The summed E-state index contributed by atoms with van der Waals surface area (Å²) < 4.78 is 4.95. The lowest BCUT2D eigenvalue weighted by Gasteiger charge is -2.32. The highest BCUT2D eigenvalue weighted by atomic mass is 32.1. The molecule has 1 saturated heterocycles. The zero-order chi connectivity index (χ0) is 23.8. The van der Waals surface area contributed by atoms with Gasteiger partial charge in [-0.3, -0.25) is 4.79 Å². The Morgan fingerprint density at radius 3 is 2.50 bits per heavy atom. The van der Waals surface area contributed by atoms with Crippen LogP contribution in [0.3, 0.4) is 0 Å². The molecule has 1 fully saturated rings. The number of nitrogens with one attached hydrogen (secondary N) is 1. The Labute approximate surface area is 201 Å². The van der Waals surface area contributed by atoms with Gasteiger partial charge in [0.25, 0.3) is 0 Å². The van der Waals surface area contributed by atoms with Gasteiger partial charge in [-0.2, -0.15) is 0 Å². The Morgan fingerprint density at radius 2 is 1.79 bits per heavy atom. The summed E-state index contributed by atoms with van der Waals surface area (Å²) in [5, 5.41) is 5.99. The van der Waals surface area contributed by atoms with E-state index in [9.17, 15) is 9.59 Å². The summed E-state index contributed by atoms with van der Waals surface area (Å²) in [5.74, 6) is 0.268. The van der Waals surface area contributed by atoms with Crippen LogP contribution in [0.25, 0.3) is 21.0 Å². The monoisotopic (exact) mass is 474 g/mol. The third kappa shape index (κ3) is 3.98. The number of aromatic nitrogens is 2. The first-order chi connectivity index (χ1) is 16.5. The summed E-state index contributed by atoms with van der Waals surface area (Å²) in [7, 11) is 1.35. The van der Waals surface area contributed by atoms with Crippen molar-refractivity contribution in [2.24, 2.45) is 5.92 Å². The highest BCUT2D eigenvalue weighted by Crippen LogP contribution is 2.36. The van der Waals surface area contributed by atoms with Crippen LogP contribution in [0.4, 0.5) is 11.5 Å². The second kappa shape index (κ2) is 9.02. The molecule has 1 aliphatic heterocycles. The molecule has 0 saturated carbocycles. The van der Waals surface area contributed by atoms with Gasteiger partial charge in [0.05, 0.1) is 23.7 Å². The van der Waals surface area contributed by atoms with Crippen molar-refractivity contribution in [3.8, 4) is 0 Å². The van der Waals surface area contributed by atoms with Gasteiger partial charge in [-0.15, -0.1) is 11.3 Å². The SMILES string of the molecule is COC(=O)c1cc2ccccc2cc1NC(=O)C1CCN(c2ncnc3sc(C)c(C)c23)CC1. The normalized spacial score (nSPS) is 14.5. The molecule has 7 nitrogen and oxygen atoms in total. The smallest absolute Gasteiger partial charge is 0.339 e. The van der Waals surface area contributed by atoms with Crippen molar-refractivity contribution in [1.29, 1.82) is 0 Å². The van der Waals surface area contributed by atoms with Crippen molar-refractivity contribution in [2.45, 2.75) is 26.7 Å². The Morgan fingerprint density at radius 1 is 1.09 bits per heavy atom. The molecule has 0 radical (unpaired) electrons. The van der Waals surface area contributed by atoms with Gasteiger partial charge in [-0.05, 0) is 55.2 Å². The standard InChI is InChI=1S/C26H26N4O3S/c1-15-16(2)34-25-22(15)23(27-14-28-25)30-10-8-17(9-11-30)24(31)29-21-13-19-7-5-4-6-18(19)12-20(21)26(32)33-3/h4-7,12-14,17H,8-11H2,1-3H3,(H,29,31). The third-order valence-corrected chi connectivity index (χ3v) is 7.77. The molecule has 8 heteroatoms. The fraction of sp³-hybridized carbons (Fsp3) is 0.308. The molecule has 0 bridgehead atoms. The molecule has 0 spiro atoms. The molecule has 1 aliphatic rings. The van der Waals surface area contributed by atoms with Crippen LogP contribution in [-0.4, -0.2) is 42.0 Å². The number of amides is 1. The van der Waals surface area contributed by atoms with Crippen LogP contribution >= 0.6 is 11.3 Å². The maximum Gasteiger partial charge on any atom is 0.339 e. The van der Waals surface area contributed by atoms with Gasteiger partial charge in [0.1, 0.15) is 17.0 Å². The fourth-order valence-corrected chi connectivity index (χ4v) is 5.61. The van der Waals surface area contributed by atoms with Gasteiger partial charge in [-0.25, -0.2) is 14.8 Å². The number of aryl methyl sites for hydroxylation is 2. The summed E-state index contributed by atoms with van der Waals surface area (Å²) in [5.41, 5.74) is 2.07. The molecule has 0 unspecified atom stereocenters. The molecular weight excluding hydrogens is 448 g/mol. The maximum atomic E-state index is 13.2. The van der Waals surface area contributed by atoms with Crippen LogP contribution in [0.15, 0.2) is 42.7 Å². The molecule has 5 rings (SSSR count). The molecule has 4 aromatic rings. The molecule has 0 atom stereocenters. The molecule has 174 valence electrons. The summed E-state index contributed by atoms with van der Waals surface area (Å²) >= 11 is 1.69. The van der Waals surface area contributed by atoms with Gasteiger partial charge in [0, 0.05) is 23.9 Å². The minimum atomic E-state index is -0.468. The van der Waals surface area contributed by atoms with E-state index in [-0.39, 0.29) is 11.8 Å². The van der Waals surface area contributed by atoms with Crippen LogP contribution in [0.1, 0.15) is 33.6 Å². The number of esters is 1. The lowest BCUT2D eigenvalue weighted by Crippen LogP contribution is -2.38. The summed E-state index contributed by atoms with van der Waals surface area (Å²) in [4.78, 5) is 39.1. The molecule has 3 heterocycles. The second-order valence-electron chi connectivity index (χ2n) is 8.65. The number of benzene rings is 2. The minimum absolute atomic E-state index is 0.0736. The Bertz CT molecular complexity index is 1410. The summed E-state index contributed by atoms with van der Waals surface area (Å²) in [6.45, 7) is 5.70. The molecule has 1 N–H and O–H groups in total. The van der Waals surface area contributed by atoms with E-state index < -0.39 is 5.97 Å². The van der Waals surface area contributed by atoms with Gasteiger partial charge < -0.3 is 15.0 Å². The molecular formula is C26H26N4O3S. The molecule has 0 aliphatic carbocycles. The molecule has 2 aromatic heterocycles.